The zero-order valence-electron chi connectivity index (χ0n) is 23.1. The summed E-state index contributed by atoms with van der Waals surface area (Å²) in [6.07, 6.45) is 4.13. The molecule has 2 fully saturated rings. The van der Waals surface area contributed by atoms with Gasteiger partial charge in [0.15, 0.2) is 17.0 Å². The fraction of sp³-hybridized carbons (Fsp3) is 0.538. The number of benzene rings is 1. The van der Waals surface area contributed by atoms with E-state index in [4.69, 9.17) is 24.3 Å². The highest BCUT2D eigenvalue weighted by Crippen LogP contribution is 2.46. The Morgan fingerprint density at radius 1 is 1.20 bits per heavy atom. The minimum Gasteiger partial charge on any atom is -0.462 e. The lowest BCUT2D eigenvalue weighted by Gasteiger charge is -2.24. The van der Waals surface area contributed by atoms with Crippen LogP contribution in [0.4, 0.5) is 11.8 Å². The molecule has 0 unspecified atom stereocenters. The van der Waals surface area contributed by atoms with Crippen LogP contribution in [-0.2, 0) is 23.4 Å². The van der Waals surface area contributed by atoms with Crippen molar-refractivity contribution in [1.29, 1.82) is 0 Å². The van der Waals surface area contributed by atoms with Crippen LogP contribution in [0.1, 0.15) is 52.7 Å². The first-order chi connectivity index (χ1) is 19.1. The lowest BCUT2D eigenvalue weighted by atomic mass is 10.2. The minimum absolute atomic E-state index is 0.0288. The Labute approximate surface area is 232 Å². The first kappa shape index (κ1) is 28.3. The molecule has 0 spiro atoms. The van der Waals surface area contributed by atoms with Crippen molar-refractivity contribution in [1.82, 2.24) is 24.6 Å². The molecule has 0 bridgehead atoms. The van der Waals surface area contributed by atoms with Crippen LogP contribution in [-0.4, -0.2) is 63.4 Å². The third-order valence-electron chi connectivity index (χ3n) is 6.70. The van der Waals surface area contributed by atoms with E-state index in [9.17, 15) is 9.36 Å². The molecule has 1 saturated heterocycles. The maximum Gasteiger partial charge on any atom is 0.459 e. The van der Waals surface area contributed by atoms with Gasteiger partial charge >= 0.3 is 13.7 Å². The Bertz CT molecular complexity index is 1380. The molecule has 0 radical (unpaired) electrons. The van der Waals surface area contributed by atoms with Crippen molar-refractivity contribution in [2.45, 2.75) is 77.0 Å². The van der Waals surface area contributed by atoms with Gasteiger partial charge in [0.1, 0.15) is 18.0 Å². The fourth-order valence-electron chi connectivity index (χ4n) is 4.54. The first-order valence-corrected chi connectivity index (χ1v) is 15.0. The molecule has 2 aliphatic rings. The number of hydrogen-bond acceptors (Lipinski definition) is 11. The molecule has 216 valence electrons. The van der Waals surface area contributed by atoms with E-state index in [1.807, 2.05) is 17.7 Å². The van der Waals surface area contributed by atoms with Gasteiger partial charge in [-0.05, 0) is 58.6 Å². The van der Waals surface area contributed by atoms with E-state index < -0.39 is 19.8 Å². The van der Waals surface area contributed by atoms with Gasteiger partial charge in [0.25, 0.3) is 0 Å². The number of para-hydroxylation sites is 1. The van der Waals surface area contributed by atoms with Gasteiger partial charge < -0.3 is 24.6 Å². The highest BCUT2D eigenvalue weighted by molar-refractivity contribution is 7.52. The summed E-state index contributed by atoms with van der Waals surface area (Å²) < 4.78 is 38.6. The summed E-state index contributed by atoms with van der Waals surface area (Å²) in [5.74, 6) is 0.649. The molecule has 2 aromatic heterocycles. The second-order valence-corrected chi connectivity index (χ2v) is 12.1. The molecule has 14 heteroatoms. The van der Waals surface area contributed by atoms with Gasteiger partial charge in [0.2, 0.25) is 5.95 Å². The molecule has 13 nitrogen and oxygen atoms in total. The first-order valence-electron chi connectivity index (χ1n) is 13.5. The molecule has 1 aliphatic carbocycles. The van der Waals surface area contributed by atoms with Gasteiger partial charge in [-0.2, -0.15) is 15.1 Å². The highest BCUT2D eigenvalue weighted by atomic mass is 31.2. The van der Waals surface area contributed by atoms with Crippen molar-refractivity contribution in [3.8, 4) is 5.75 Å². The molecule has 1 saturated carbocycles. The number of ether oxygens (including phenoxy) is 2. The van der Waals surface area contributed by atoms with Gasteiger partial charge in [-0.25, -0.2) is 9.55 Å². The predicted octanol–water partition coefficient (Wildman–Crippen LogP) is 3.82. The summed E-state index contributed by atoms with van der Waals surface area (Å²) in [5, 5.41) is 2.70. The molecule has 3 heterocycles. The molecule has 5 rings (SSSR count). The van der Waals surface area contributed by atoms with Crippen molar-refractivity contribution >= 4 is 36.6 Å². The summed E-state index contributed by atoms with van der Waals surface area (Å²) >= 11 is 0. The Morgan fingerprint density at radius 3 is 2.65 bits per heavy atom. The number of imidazole rings is 1. The van der Waals surface area contributed by atoms with Crippen molar-refractivity contribution in [2.24, 2.45) is 0 Å². The lowest BCUT2D eigenvalue weighted by Crippen LogP contribution is -2.36. The maximum atomic E-state index is 13.8. The van der Waals surface area contributed by atoms with Crippen molar-refractivity contribution in [3.05, 3.63) is 36.7 Å². The number of aromatic nitrogens is 4. The molecule has 3 aromatic rings. The van der Waals surface area contributed by atoms with Crippen LogP contribution < -0.4 is 20.2 Å². The molecule has 3 N–H and O–H groups in total. The van der Waals surface area contributed by atoms with E-state index in [0.717, 1.165) is 12.8 Å². The number of nitrogens with one attached hydrogen (secondary N) is 1. The molecular weight excluding hydrogens is 537 g/mol. The smallest absolute Gasteiger partial charge is 0.459 e. The number of esters is 1. The van der Waals surface area contributed by atoms with Crippen LogP contribution in [0, 0.1) is 0 Å². The van der Waals surface area contributed by atoms with Crippen LogP contribution >= 0.6 is 7.75 Å². The van der Waals surface area contributed by atoms with Crippen LogP contribution in [0.15, 0.2) is 36.7 Å². The average Bonchev–Trinajstić information content (AvgIpc) is 3.51. The Morgan fingerprint density at radius 2 is 1.95 bits per heavy atom. The van der Waals surface area contributed by atoms with E-state index in [-0.39, 0.29) is 31.0 Å². The third kappa shape index (κ3) is 6.55. The highest BCUT2D eigenvalue weighted by Gasteiger charge is 2.36. The predicted molar refractivity (Wildman–Crippen MR) is 149 cm³/mol. The Kier molecular flexibility index (Phi) is 8.27. The van der Waals surface area contributed by atoms with E-state index in [1.54, 1.807) is 51.4 Å². The fourth-order valence-corrected chi connectivity index (χ4v) is 6.06. The largest absolute Gasteiger partial charge is 0.462 e. The number of rotatable bonds is 12. The molecule has 1 aliphatic heterocycles. The lowest BCUT2D eigenvalue weighted by molar-refractivity contribution is -0.149. The van der Waals surface area contributed by atoms with E-state index >= 15 is 0 Å². The number of carbonyl (C=O) groups is 1. The molecular formula is C26H36N7O6P. The summed E-state index contributed by atoms with van der Waals surface area (Å²) in [6, 6.07) is 8.13. The van der Waals surface area contributed by atoms with Gasteiger partial charge in [-0.15, -0.1) is 0 Å². The monoisotopic (exact) mass is 573 g/mol. The standard InChI is InChI=1S/C26H36N7O6P/c1-16(2)37-25(34)17(3)31-40(35,39-19-8-6-5-7-9-19)36-14-20-12-13-21(38-20)33-15-28-22-23(32(4)18-10-11-18)29-26(27)30-24(22)33/h5-9,15-18,20-21H,10-14H2,1-4H3,(H,31,35)(H2,27,29,30)/t17-,20+,21-,40-/m1/s1. The van der Waals surface area contributed by atoms with Gasteiger partial charge in [0.05, 0.1) is 25.1 Å². The van der Waals surface area contributed by atoms with Gasteiger partial charge in [-0.1, -0.05) is 18.2 Å². The molecule has 40 heavy (non-hydrogen) atoms. The normalized spacial score (nSPS) is 21.3. The molecule has 4 atom stereocenters. The van der Waals surface area contributed by atoms with Crippen LogP contribution in [0.3, 0.4) is 0 Å². The minimum atomic E-state index is -3.99. The second kappa shape index (κ2) is 11.7. The second-order valence-electron chi connectivity index (χ2n) is 10.4. The number of fused-ring (bicyclic) bond motifs is 1. The number of nitrogen functional groups attached to an aromatic ring is 1. The summed E-state index contributed by atoms with van der Waals surface area (Å²) in [7, 11) is -2.00. The van der Waals surface area contributed by atoms with Crippen molar-refractivity contribution in [2.75, 3.05) is 24.3 Å². The summed E-state index contributed by atoms with van der Waals surface area (Å²) in [6.45, 7) is 5.00. The van der Waals surface area contributed by atoms with E-state index in [2.05, 4.69) is 24.9 Å². The Balaban J connectivity index is 1.27. The molecule has 0 amide bonds. The van der Waals surface area contributed by atoms with E-state index in [0.29, 0.717) is 41.6 Å². The average molecular weight is 574 g/mol. The number of nitrogens with zero attached hydrogens (tertiary/aromatic N) is 5. The van der Waals surface area contributed by atoms with Crippen molar-refractivity contribution in [3.63, 3.8) is 0 Å². The Hall–Kier alpha value is -3.25. The summed E-state index contributed by atoms with van der Waals surface area (Å²) in [5.41, 5.74) is 7.31. The number of carbonyl (C=O) groups excluding carboxylic acids is 1. The van der Waals surface area contributed by atoms with Gasteiger partial charge in [0, 0.05) is 13.1 Å². The summed E-state index contributed by atoms with van der Waals surface area (Å²) in [4.78, 5) is 27.9. The van der Waals surface area contributed by atoms with Crippen LogP contribution in [0.5, 0.6) is 5.75 Å². The van der Waals surface area contributed by atoms with Gasteiger partial charge in [-0.3, -0.25) is 13.9 Å². The zero-order chi connectivity index (χ0) is 28.4. The van der Waals surface area contributed by atoms with Crippen LogP contribution in [0.25, 0.3) is 11.2 Å². The maximum absolute atomic E-state index is 13.8. The number of nitrogens with two attached hydrogens (primary N) is 1. The van der Waals surface area contributed by atoms with E-state index in [1.165, 1.54) is 0 Å². The topological polar surface area (TPSA) is 156 Å². The quantitative estimate of drug-likeness (QED) is 0.239. The number of hydrogen-bond donors (Lipinski definition) is 2. The number of anilines is 2. The zero-order valence-corrected chi connectivity index (χ0v) is 24.0. The SMILES string of the molecule is CC(C)OC(=O)[C@@H](C)N[P@@](=O)(OC[C@@H]1CC[C@H](n2cnc3c(N(C)C4CC4)nc(N)nc32)O1)Oc1ccccc1. The third-order valence-corrected chi connectivity index (χ3v) is 8.34. The van der Waals surface area contributed by atoms with Crippen molar-refractivity contribution < 1.29 is 27.9 Å². The van der Waals surface area contributed by atoms with Crippen LogP contribution in [0.2, 0.25) is 0 Å². The molecule has 1 aromatic carbocycles.